The molecule has 0 bridgehead atoms. The van der Waals surface area contributed by atoms with Gasteiger partial charge in [-0.2, -0.15) is 0 Å². The Morgan fingerprint density at radius 3 is 2.65 bits per heavy atom. The van der Waals surface area contributed by atoms with Crippen LogP contribution in [0.3, 0.4) is 0 Å². The van der Waals surface area contributed by atoms with E-state index in [9.17, 15) is 13.2 Å². The van der Waals surface area contributed by atoms with Crippen molar-refractivity contribution in [3.8, 4) is 11.5 Å². The van der Waals surface area contributed by atoms with Gasteiger partial charge >= 0.3 is 0 Å². The number of amides is 1. The molecule has 0 saturated heterocycles. The lowest BCUT2D eigenvalue weighted by Gasteiger charge is -2.12. The topological polar surface area (TPSA) is 106 Å². The molecule has 0 radical (unpaired) electrons. The van der Waals surface area contributed by atoms with Crippen molar-refractivity contribution in [3.05, 3.63) is 48.0 Å². The van der Waals surface area contributed by atoms with E-state index < -0.39 is 10.0 Å². The largest absolute Gasteiger partial charge is 0.490 e. The Bertz CT molecular complexity index is 1100. The fourth-order valence-corrected chi connectivity index (χ4v) is 4.55. The Morgan fingerprint density at radius 2 is 1.77 bits per heavy atom. The highest BCUT2D eigenvalue weighted by Crippen LogP contribution is 2.30. The highest BCUT2D eigenvalue weighted by atomic mass is 32.2. The van der Waals surface area contributed by atoms with Crippen molar-refractivity contribution >= 4 is 27.5 Å². The highest BCUT2D eigenvalue weighted by Gasteiger charge is 2.19. The fourth-order valence-electron chi connectivity index (χ4n) is 3.42. The summed E-state index contributed by atoms with van der Waals surface area (Å²) in [5.41, 5.74) is 0.770. The van der Waals surface area contributed by atoms with Gasteiger partial charge in [-0.1, -0.05) is 12.5 Å². The van der Waals surface area contributed by atoms with Gasteiger partial charge in [0.1, 0.15) is 5.84 Å². The minimum absolute atomic E-state index is 0.0657. The molecule has 2 aromatic rings. The van der Waals surface area contributed by atoms with Gasteiger partial charge in [-0.25, -0.2) is 8.42 Å². The van der Waals surface area contributed by atoms with E-state index in [2.05, 4.69) is 15.0 Å². The van der Waals surface area contributed by atoms with E-state index in [1.165, 1.54) is 12.1 Å². The number of sulfonamides is 1. The minimum atomic E-state index is -3.78. The first-order valence-electron chi connectivity index (χ1n) is 10.4. The number of carbonyl (C=O) groups is 1. The van der Waals surface area contributed by atoms with Gasteiger partial charge in [0.2, 0.25) is 0 Å². The molecule has 9 heteroatoms. The molecule has 0 aromatic heterocycles. The zero-order chi connectivity index (χ0) is 21.7. The summed E-state index contributed by atoms with van der Waals surface area (Å²) >= 11 is 0. The molecule has 0 saturated carbocycles. The molecule has 164 valence electrons. The summed E-state index contributed by atoms with van der Waals surface area (Å²) in [4.78, 5) is 17.1. The summed E-state index contributed by atoms with van der Waals surface area (Å²) < 4.78 is 39.4. The van der Waals surface area contributed by atoms with E-state index in [0.29, 0.717) is 54.8 Å². The van der Waals surface area contributed by atoms with Crippen LogP contribution in [0.15, 0.2) is 52.4 Å². The molecule has 2 aliphatic heterocycles. The average Bonchev–Trinajstić information content (AvgIpc) is 3.15. The zero-order valence-corrected chi connectivity index (χ0v) is 17.9. The minimum Gasteiger partial charge on any atom is -0.490 e. The number of carbonyl (C=O) groups excluding carboxylic acids is 1. The molecule has 2 N–H and O–H groups in total. The SMILES string of the molecule is O=C(Nc1cccc(S(=O)(=O)NC2=NCCCCC2)c1)c1ccc2c(c1)OCCCO2. The van der Waals surface area contributed by atoms with Gasteiger partial charge in [0.05, 0.1) is 18.1 Å². The van der Waals surface area contributed by atoms with E-state index in [1.54, 1.807) is 30.3 Å². The van der Waals surface area contributed by atoms with E-state index in [-0.39, 0.29) is 10.8 Å². The summed E-state index contributed by atoms with van der Waals surface area (Å²) in [6.07, 6.45) is 4.30. The molecular formula is C22H25N3O5S. The predicted octanol–water partition coefficient (Wildman–Crippen LogP) is 3.35. The van der Waals surface area contributed by atoms with Crippen molar-refractivity contribution in [1.82, 2.24) is 4.72 Å². The van der Waals surface area contributed by atoms with Gasteiger partial charge < -0.3 is 14.8 Å². The van der Waals surface area contributed by atoms with Gasteiger partial charge in [0.15, 0.2) is 11.5 Å². The van der Waals surface area contributed by atoms with Crippen molar-refractivity contribution in [2.24, 2.45) is 4.99 Å². The molecule has 0 unspecified atom stereocenters. The number of fused-ring (bicyclic) bond motifs is 1. The van der Waals surface area contributed by atoms with Crippen LogP contribution < -0.4 is 19.5 Å². The van der Waals surface area contributed by atoms with E-state index in [1.807, 2.05) is 0 Å². The number of rotatable bonds is 4. The first kappa shape index (κ1) is 21.2. The lowest BCUT2D eigenvalue weighted by Crippen LogP contribution is -2.30. The molecule has 2 aromatic carbocycles. The first-order valence-corrected chi connectivity index (χ1v) is 11.9. The van der Waals surface area contributed by atoms with Gasteiger partial charge in [-0.05, 0) is 49.2 Å². The first-order chi connectivity index (χ1) is 15.0. The van der Waals surface area contributed by atoms with Crippen LogP contribution in [0.4, 0.5) is 5.69 Å². The summed E-state index contributed by atoms with van der Waals surface area (Å²) in [5.74, 6) is 1.25. The second kappa shape index (κ2) is 9.38. The molecule has 0 spiro atoms. The monoisotopic (exact) mass is 443 g/mol. The maximum absolute atomic E-state index is 12.8. The number of benzene rings is 2. The van der Waals surface area contributed by atoms with E-state index >= 15 is 0 Å². The number of hydrogen-bond donors (Lipinski definition) is 2. The van der Waals surface area contributed by atoms with E-state index in [4.69, 9.17) is 9.47 Å². The molecule has 2 aliphatic rings. The normalized spacial score (nSPS) is 16.5. The van der Waals surface area contributed by atoms with Gasteiger partial charge in [0, 0.05) is 30.6 Å². The van der Waals surface area contributed by atoms with Crippen LogP contribution >= 0.6 is 0 Å². The molecule has 0 aliphatic carbocycles. The molecular weight excluding hydrogens is 418 g/mol. The Kier molecular flexibility index (Phi) is 6.41. The Labute approximate surface area is 181 Å². The number of nitrogens with one attached hydrogen (secondary N) is 2. The number of anilines is 1. The Balaban J connectivity index is 1.48. The number of ether oxygens (including phenoxy) is 2. The van der Waals surface area contributed by atoms with Crippen LogP contribution in [0, 0.1) is 0 Å². The number of aliphatic imine (C=N–C) groups is 1. The van der Waals surface area contributed by atoms with Crippen LogP contribution in [-0.2, 0) is 10.0 Å². The molecule has 1 amide bonds. The van der Waals surface area contributed by atoms with Gasteiger partial charge in [-0.3, -0.25) is 14.5 Å². The van der Waals surface area contributed by atoms with Crippen LogP contribution in [0.5, 0.6) is 11.5 Å². The third-order valence-corrected chi connectivity index (χ3v) is 6.42. The maximum Gasteiger partial charge on any atom is 0.262 e. The zero-order valence-electron chi connectivity index (χ0n) is 17.1. The van der Waals surface area contributed by atoms with Crippen molar-refractivity contribution in [2.45, 2.75) is 37.0 Å². The summed E-state index contributed by atoms with van der Waals surface area (Å²) in [5, 5.41) is 2.75. The Hall–Kier alpha value is -3.07. The van der Waals surface area contributed by atoms with Crippen LogP contribution in [0.1, 0.15) is 42.5 Å². The smallest absolute Gasteiger partial charge is 0.262 e. The lowest BCUT2D eigenvalue weighted by molar-refractivity contribution is 0.102. The second-order valence-electron chi connectivity index (χ2n) is 7.44. The molecule has 0 fully saturated rings. The highest BCUT2D eigenvalue weighted by molar-refractivity contribution is 7.90. The van der Waals surface area contributed by atoms with Gasteiger partial charge in [-0.15, -0.1) is 0 Å². The van der Waals surface area contributed by atoms with Crippen LogP contribution in [-0.4, -0.2) is 39.9 Å². The third-order valence-electron chi connectivity index (χ3n) is 5.04. The van der Waals surface area contributed by atoms with Crippen molar-refractivity contribution in [2.75, 3.05) is 25.1 Å². The molecule has 2 heterocycles. The van der Waals surface area contributed by atoms with Crippen LogP contribution in [0.2, 0.25) is 0 Å². The molecule has 0 atom stereocenters. The fraction of sp³-hybridized carbons (Fsp3) is 0.364. The molecule has 31 heavy (non-hydrogen) atoms. The number of amidine groups is 1. The predicted molar refractivity (Wildman–Crippen MR) is 118 cm³/mol. The lowest BCUT2D eigenvalue weighted by atomic mass is 10.2. The summed E-state index contributed by atoms with van der Waals surface area (Å²) in [6.45, 7) is 1.72. The van der Waals surface area contributed by atoms with Crippen molar-refractivity contribution in [1.29, 1.82) is 0 Å². The third kappa shape index (κ3) is 5.35. The molecule has 4 rings (SSSR count). The summed E-state index contributed by atoms with van der Waals surface area (Å²) in [7, 11) is -3.78. The Morgan fingerprint density at radius 1 is 0.935 bits per heavy atom. The quantitative estimate of drug-likeness (QED) is 0.754. The standard InChI is InChI=1S/C22H25N3O5S/c26-22(16-9-10-19-20(14-16)30-13-5-12-29-19)24-17-6-4-7-18(15-17)31(27,28)25-21-8-2-1-3-11-23-21/h4,6-7,9-10,14-15H,1-3,5,8,11-13H2,(H,23,25)(H,24,26). The maximum atomic E-state index is 12.8. The number of nitrogens with zero attached hydrogens (tertiary/aromatic N) is 1. The molecule has 8 nitrogen and oxygen atoms in total. The van der Waals surface area contributed by atoms with E-state index in [0.717, 1.165) is 25.7 Å². The van der Waals surface area contributed by atoms with Crippen LogP contribution in [0.25, 0.3) is 0 Å². The van der Waals surface area contributed by atoms with Crippen molar-refractivity contribution < 1.29 is 22.7 Å². The summed E-state index contributed by atoms with van der Waals surface area (Å²) in [6, 6.07) is 11.1. The second-order valence-corrected chi connectivity index (χ2v) is 9.12. The average molecular weight is 444 g/mol. The number of hydrogen-bond acceptors (Lipinski definition) is 6. The van der Waals surface area contributed by atoms with Crippen molar-refractivity contribution in [3.63, 3.8) is 0 Å². The van der Waals surface area contributed by atoms with Gasteiger partial charge in [0.25, 0.3) is 15.9 Å².